The number of aliphatic hydroxyl groups excluding tert-OH is 1. The van der Waals surface area contributed by atoms with Crippen LogP contribution in [0, 0.1) is 0 Å². The molecule has 3 atom stereocenters. The average Bonchev–Trinajstić information content (AvgIpc) is 3.08. The Morgan fingerprint density at radius 3 is 2.64 bits per heavy atom. The van der Waals surface area contributed by atoms with Crippen LogP contribution >= 0.6 is 0 Å². The topological polar surface area (TPSA) is 122 Å². The molecule has 1 aliphatic rings. The average molecular weight is 349 g/mol. The number of hydrogen-bond acceptors (Lipinski definition) is 5. The first-order valence-electron chi connectivity index (χ1n) is 8.15. The van der Waals surface area contributed by atoms with E-state index in [0.29, 0.717) is 19.4 Å². The van der Waals surface area contributed by atoms with E-state index in [2.05, 4.69) is 5.32 Å². The molecule has 0 spiro atoms. The number of rotatable bonds is 6. The van der Waals surface area contributed by atoms with Crippen LogP contribution in [0.2, 0.25) is 0 Å². The predicted molar refractivity (Wildman–Crippen MR) is 89.2 cm³/mol. The van der Waals surface area contributed by atoms with Crippen molar-refractivity contribution in [1.29, 1.82) is 0 Å². The number of carbonyl (C=O) groups is 3. The van der Waals surface area contributed by atoms with Gasteiger partial charge in [-0.1, -0.05) is 30.3 Å². The van der Waals surface area contributed by atoms with Crippen molar-refractivity contribution in [2.75, 3.05) is 6.54 Å². The van der Waals surface area contributed by atoms with Crippen LogP contribution in [0.5, 0.6) is 0 Å². The van der Waals surface area contributed by atoms with Gasteiger partial charge >= 0.3 is 6.09 Å². The van der Waals surface area contributed by atoms with Gasteiger partial charge < -0.3 is 25.8 Å². The van der Waals surface area contributed by atoms with Crippen molar-refractivity contribution >= 4 is 17.9 Å². The molecule has 0 unspecified atom stereocenters. The molecule has 3 amide bonds. The number of aliphatic hydroxyl groups is 1. The molecule has 0 aromatic heterocycles. The van der Waals surface area contributed by atoms with Gasteiger partial charge in [-0.2, -0.15) is 0 Å². The van der Waals surface area contributed by atoms with Crippen molar-refractivity contribution in [2.24, 2.45) is 5.73 Å². The van der Waals surface area contributed by atoms with E-state index in [1.165, 1.54) is 11.8 Å². The molecule has 136 valence electrons. The van der Waals surface area contributed by atoms with Crippen LogP contribution in [0.15, 0.2) is 30.3 Å². The third-order valence-electron chi connectivity index (χ3n) is 4.10. The van der Waals surface area contributed by atoms with E-state index >= 15 is 0 Å². The van der Waals surface area contributed by atoms with Crippen LogP contribution in [0.25, 0.3) is 0 Å². The summed E-state index contributed by atoms with van der Waals surface area (Å²) in [6.45, 7) is 1.78. The Balaban J connectivity index is 1.96. The van der Waals surface area contributed by atoms with E-state index in [1.54, 1.807) is 12.1 Å². The summed E-state index contributed by atoms with van der Waals surface area (Å²) in [5.41, 5.74) is 6.11. The summed E-state index contributed by atoms with van der Waals surface area (Å²) in [4.78, 5) is 37.3. The molecule has 1 fully saturated rings. The lowest BCUT2D eigenvalue weighted by Crippen LogP contribution is -2.56. The molecule has 0 radical (unpaired) electrons. The largest absolute Gasteiger partial charge is 0.445 e. The fraction of sp³-hybridized carbons (Fsp3) is 0.471. The highest BCUT2D eigenvalue weighted by Gasteiger charge is 2.38. The van der Waals surface area contributed by atoms with Crippen molar-refractivity contribution in [1.82, 2.24) is 10.2 Å². The Kier molecular flexibility index (Phi) is 6.35. The molecule has 2 rings (SSSR count). The number of nitrogens with one attached hydrogen (secondary N) is 1. The first kappa shape index (κ1) is 18.7. The minimum absolute atomic E-state index is 0.0427. The highest BCUT2D eigenvalue weighted by Crippen LogP contribution is 2.18. The van der Waals surface area contributed by atoms with Crippen LogP contribution in [-0.2, 0) is 20.9 Å². The van der Waals surface area contributed by atoms with Crippen molar-refractivity contribution in [3.05, 3.63) is 35.9 Å². The summed E-state index contributed by atoms with van der Waals surface area (Å²) in [6, 6.07) is 7.15. The second-order valence-corrected chi connectivity index (χ2v) is 6.02. The summed E-state index contributed by atoms with van der Waals surface area (Å²) in [6.07, 6.45) is -0.847. The van der Waals surface area contributed by atoms with E-state index in [9.17, 15) is 19.5 Å². The van der Waals surface area contributed by atoms with Crippen molar-refractivity contribution in [3.63, 3.8) is 0 Å². The Hall–Kier alpha value is -2.61. The Labute approximate surface area is 145 Å². The maximum Gasteiger partial charge on any atom is 0.408 e. The summed E-state index contributed by atoms with van der Waals surface area (Å²) < 4.78 is 5.07. The van der Waals surface area contributed by atoms with Gasteiger partial charge in [0.2, 0.25) is 11.8 Å². The van der Waals surface area contributed by atoms with E-state index in [0.717, 1.165) is 5.56 Å². The molecule has 1 saturated heterocycles. The van der Waals surface area contributed by atoms with Crippen LogP contribution in [0.3, 0.4) is 0 Å². The monoisotopic (exact) mass is 349 g/mol. The van der Waals surface area contributed by atoms with Gasteiger partial charge in [-0.15, -0.1) is 0 Å². The number of amides is 3. The molecule has 1 aliphatic heterocycles. The number of nitrogens with zero attached hydrogens (tertiary/aromatic N) is 1. The lowest BCUT2D eigenvalue weighted by atomic mass is 10.1. The summed E-state index contributed by atoms with van der Waals surface area (Å²) in [5, 5.41) is 12.2. The molecule has 4 N–H and O–H groups in total. The Morgan fingerprint density at radius 1 is 1.36 bits per heavy atom. The number of nitrogens with two attached hydrogens (primary N) is 1. The van der Waals surface area contributed by atoms with Crippen molar-refractivity contribution in [2.45, 2.75) is 44.6 Å². The third kappa shape index (κ3) is 4.93. The fourth-order valence-corrected chi connectivity index (χ4v) is 2.79. The number of ether oxygens (including phenoxy) is 1. The minimum Gasteiger partial charge on any atom is -0.445 e. The second-order valence-electron chi connectivity index (χ2n) is 6.02. The minimum atomic E-state index is -1.21. The maximum absolute atomic E-state index is 12.6. The predicted octanol–water partition coefficient (Wildman–Crippen LogP) is 0.139. The molecule has 25 heavy (non-hydrogen) atoms. The van der Waals surface area contributed by atoms with Gasteiger partial charge in [0.15, 0.2) is 0 Å². The van der Waals surface area contributed by atoms with E-state index < -0.39 is 36.1 Å². The number of carbonyl (C=O) groups excluding carboxylic acids is 3. The van der Waals surface area contributed by atoms with E-state index in [1.807, 2.05) is 18.2 Å². The van der Waals surface area contributed by atoms with E-state index in [4.69, 9.17) is 10.5 Å². The summed E-state index contributed by atoms with van der Waals surface area (Å²) >= 11 is 0. The quantitative estimate of drug-likeness (QED) is 0.674. The molecule has 8 nitrogen and oxygen atoms in total. The van der Waals surface area contributed by atoms with E-state index in [-0.39, 0.29) is 6.61 Å². The Morgan fingerprint density at radius 2 is 2.04 bits per heavy atom. The first-order valence-corrected chi connectivity index (χ1v) is 8.15. The fourth-order valence-electron chi connectivity index (χ4n) is 2.79. The lowest BCUT2D eigenvalue weighted by Gasteiger charge is -2.28. The van der Waals surface area contributed by atoms with Crippen LogP contribution in [0.4, 0.5) is 4.79 Å². The molecule has 0 bridgehead atoms. The Bertz CT molecular complexity index is 620. The zero-order chi connectivity index (χ0) is 18.4. The SMILES string of the molecule is C[C@@H](O)[C@H](NC(=O)OCc1ccccc1)C(=O)N1CCC[C@@H]1C(N)=O. The number of benzene rings is 1. The number of primary amides is 1. The van der Waals surface area contributed by atoms with Crippen LogP contribution in [-0.4, -0.2) is 52.6 Å². The van der Waals surface area contributed by atoms with Crippen LogP contribution < -0.4 is 11.1 Å². The number of hydrogen-bond donors (Lipinski definition) is 3. The molecule has 0 saturated carbocycles. The highest BCUT2D eigenvalue weighted by atomic mass is 16.5. The van der Waals surface area contributed by atoms with Gasteiger partial charge in [0, 0.05) is 6.54 Å². The standard InChI is InChI=1S/C17H23N3O5/c1-11(21)14(16(23)20-9-5-8-13(20)15(18)22)19-17(24)25-10-12-6-3-2-4-7-12/h2-4,6-7,11,13-14,21H,5,8-10H2,1H3,(H2,18,22)(H,19,24)/t11-,13-,14+/m1/s1. The van der Waals surface area contributed by atoms with Crippen LogP contribution in [0.1, 0.15) is 25.3 Å². The number of alkyl carbamates (subject to hydrolysis) is 1. The maximum atomic E-state index is 12.6. The molecule has 1 heterocycles. The van der Waals surface area contributed by atoms with Gasteiger partial charge in [-0.25, -0.2) is 4.79 Å². The van der Waals surface area contributed by atoms with Crippen molar-refractivity contribution < 1.29 is 24.2 Å². The molecular formula is C17H23N3O5. The van der Waals surface area contributed by atoms with Gasteiger partial charge in [-0.05, 0) is 25.3 Å². The van der Waals surface area contributed by atoms with Gasteiger partial charge in [-0.3, -0.25) is 9.59 Å². The van der Waals surface area contributed by atoms with Gasteiger partial charge in [0.25, 0.3) is 0 Å². The van der Waals surface area contributed by atoms with Gasteiger partial charge in [0.05, 0.1) is 6.10 Å². The molecule has 1 aromatic rings. The number of likely N-dealkylation sites (tertiary alicyclic amines) is 1. The van der Waals surface area contributed by atoms with Gasteiger partial charge in [0.1, 0.15) is 18.7 Å². The third-order valence-corrected chi connectivity index (χ3v) is 4.10. The molecule has 1 aromatic carbocycles. The first-order chi connectivity index (χ1) is 11.9. The summed E-state index contributed by atoms with van der Waals surface area (Å²) in [5.74, 6) is -1.14. The zero-order valence-electron chi connectivity index (χ0n) is 14.1. The summed E-state index contributed by atoms with van der Waals surface area (Å²) in [7, 11) is 0. The second kappa shape index (κ2) is 8.48. The lowest BCUT2D eigenvalue weighted by molar-refractivity contribution is -0.141. The smallest absolute Gasteiger partial charge is 0.408 e. The molecule has 8 heteroatoms. The normalized spacial score (nSPS) is 19.1. The zero-order valence-corrected chi connectivity index (χ0v) is 14.1. The van der Waals surface area contributed by atoms with Crippen molar-refractivity contribution in [3.8, 4) is 0 Å². The highest BCUT2D eigenvalue weighted by molar-refractivity contribution is 5.91. The molecular weight excluding hydrogens is 326 g/mol. The molecule has 0 aliphatic carbocycles.